The van der Waals surface area contributed by atoms with Crippen LogP contribution in [0.1, 0.15) is 25.3 Å². The minimum atomic E-state index is -0.460. The number of nitro benzene ring substituents is 1. The molecule has 3 aromatic rings. The SMILES string of the molecule is CC(C)CN(CCc1nc(-c2ccc([N+](=O)[O-])cc2)no1)C(=O)C=Cc1ccccc1. The molecule has 0 aliphatic rings. The lowest BCUT2D eigenvalue weighted by atomic mass is 10.2. The van der Waals surface area contributed by atoms with Crippen molar-refractivity contribution in [1.82, 2.24) is 15.0 Å². The van der Waals surface area contributed by atoms with E-state index in [-0.39, 0.29) is 11.6 Å². The molecule has 0 fully saturated rings. The van der Waals surface area contributed by atoms with Gasteiger partial charge >= 0.3 is 0 Å². The van der Waals surface area contributed by atoms with Crippen molar-refractivity contribution in [3.05, 3.63) is 82.2 Å². The van der Waals surface area contributed by atoms with Crippen molar-refractivity contribution in [1.29, 1.82) is 0 Å². The van der Waals surface area contributed by atoms with Crippen LogP contribution in [0.3, 0.4) is 0 Å². The number of nitro groups is 1. The van der Waals surface area contributed by atoms with Gasteiger partial charge in [0.15, 0.2) is 0 Å². The lowest BCUT2D eigenvalue weighted by Gasteiger charge is -2.22. The second-order valence-corrected chi connectivity index (χ2v) is 7.49. The Morgan fingerprint density at radius 2 is 1.87 bits per heavy atom. The summed E-state index contributed by atoms with van der Waals surface area (Å²) in [6.07, 6.45) is 3.79. The standard InChI is InChI=1S/C23H24N4O4/c1-17(2)16-26(22(28)13-8-18-6-4-3-5-7-18)15-14-21-24-23(25-31-21)19-9-11-20(12-10-19)27(29)30/h3-13,17H,14-16H2,1-2H3. The topological polar surface area (TPSA) is 102 Å². The van der Waals surface area contributed by atoms with Crippen LogP contribution in [-0.2, 0) is 11.2 Å². The molecule has 0 spiro atoms. The summed E-state index contributed by atoms with van der Waals surface area (Å²) in [4.78, 5) is 29.1. The number of carbonyl (C=O) groups excluding carboxylic acids is 1. The molecule has 0 saturated carbocycles. The highest BCUT2D eigenvalue weighted by Crippen LogP contribution is 2.20. The van der Waals surface area contributed by atoms with Crippen LogP contribution in [-0.4, -0.2) is 39.0 Å². The van der Waals surface area contributed by atoms with Crippen molar-refractivity contribution in [2.75, 3.05) is 13.1 Å². The van der Waals surface area contributed by atoms with Gasteiger partial charge in [0.05, 0.1) is 4.92 Å². The van der Waals surface area contributed by atoms with Gasteiger partial charge in [0.1, 0.15) is 0 Å². The lowest BCUT2D eigenvalue weighted by Crippen LogP contribution is -2.34. The number of aromatic nitrogens is 2. The highest BCUT2D eigenvalue weighted by Gasteiger charge is 2.16. The van der Waals surface area contributed by atoms with E-state index < -0.39 is 4.92 Å². The maximum atomic E-state index is 12.7. The van der Waals surface area contributed by atoms with Crippen molar-refractivity contribution in [3.63, 3.8) is 0 Å². The second-order valence-electron chi connectivity index (χ2n) is 7.49. The van der Waals surface area contributed by atoms with Gasteiger partial charge in [-0.1, -0.05) is 49.3 Å². The molecule has 0 aliphatic heterocycles. The molecule has 8 heteroatoms. The molecule has 0 saturated heterocycles. The Hall–Kier alpha value is -3.81. The van der Waals surface area contributed by atoms with Crippen LogP contribution in [0.15, 0.2) is 65.2 Å². The Kier molecular flexibility index (Phi) is 7.26. The molecule has 160 valence electrons. The summed E-state index contributed by atoms with van der Waals surface area (Å²) in [7, 11) is 0. The third-order valence-corrected chi connectivity index (χ3v) is 4.52. The van der Waals surface area contributed by atoms with Crippen LogP contribution in [0.2, 0.25) is 0 Å². The van der Waals surface area contributed by atoms with Crippen molar-refractivity contribution in [2.24, 2.45) is 5.92 Å². The van der Waals surface area contributed by atoms with Crippen LogP contribution in [0.5, 0.6) is 0 Å². The summed E-state index contributed by atoms with van der Waals surface area (Å²) in [5, 5.41) is 14.7. The summed E-state index contributed by atoms with van der Waals surface area (Å²) in [6, 6.07) is 15.6. The van der Waals surface area contributed by atoms with E-state index in [0.717, 1.165) is 5.56 Å². The van der Waals surface area contributed by atoms with Crippen LogP contribution in [0, 0.1) is 16.0 Å². The normalized spacial score (nSPS) is 11.2. The molecular weight excluding hydrogens is 396 g/mol. The van der Waals surface area contributed by atoms with Crippen LogP contribution >= 0.6 is 0 Å². The monoisotopic (exact) mass is 420 g/mol. The van der Waals surface area contributed by atoms with Gasteiger partial charge in [-0.05, 0) is 29.7 Å². The molecule has 0 N–H and O–H groups in total. The van der Waals surface area contributed by atoms with Gasteiger partial charge in [-0.15, -0.1) is 0 Å². The molecule has 1 amide bonds. The smallest absolute Gasteiger partial charge is 0.269 e. The van der Waals surface area contributed by atoms with Crippen molar-refractivity contribution in [3.8, 4) is 11.4 Å². The zero-order valence-electron chi connectivity index (χ0n) is 17.5. The summed E-state index contributed by atoms with van der Waals surface area (Å²) in [6.45, 7) is 5.17. The molecule has 0 aliphatic carbocycles. The Balaban J connectivity index is 1.64. The van der Waals surface area contributed by atoms with Gasteiger partial charge in [-0.2, -0.15) is 4.98 Å². The fourth-order valence-corrected chi connectivity index (χ4v) is 3.01. The number of rotatable bonds is 9. The first kappa shape index (κ1) is 21.9. The molecule has 0 atom stereocenters. The zero-order valence-corrected chi connectivity index (χ0v) is 17.5. The summed E-state index contributed by atoms with van der Waals surface area (Å²) in [5.41, 5.74) is 1.59. The van der Waals surface area contributed by atoms with Crippen LogP contribution in [0.25, 0.3) is 17.5 Å². The predicted molar refractivity (Wildman–Crippen MR) is 117 cm³/mol. The van der Waals surface area contributed by atoms with E-state index in [9.17, 15) is 14.9 Å². The summed E-state index contributed by atoms with van der Waals surface area (Å²) in [5.74, 6) is 0.998. The van der Waals surface area contributed by atoms with Crippen LogP contribution in [0.4, 0.5) is 5.69 Å². The molecule has 1 aromatic heterocycles. The fraction of sp³-hybridized carbons (Fsp3) is 0.261. The Morgan fingerprint density at radius 3 is 2.52 bits per heavy atom. The Labute approximate surface area is 180 Å². The fourth-order valence-electron chi connectivity index (χ4n) is 3.01. The molecular formula is C23H24N4O4. The maximum Gasteiger partial charge on any atom is 0.269 e. The number of hydrogen-bond acceptors (Lipinski definition) is 6. The first-order valence-electron chi connectivity index (χ1n) is 10.0. The van der Waals surface area contributed by atoms with E-state index in [1.54, 1.807) is 29.2 Å². The number of benzene rings is 2. The molecule has 0 radical (unpaired) electrons. The number of nitrogens with zero attached hydrogens (tertiary/aromatic N) is 4. The first-order valence-corrected chi connectivity index (χ1v) is 10.0. The van der Waals surface area contributed by atoms with Gasteiger partial charge in [0.25, 0.3) is 5.69 Å². The van der Waals surface area contributed by atoms with E-state index in [4.69, 9.17) is 4.52 Å². The number of non-ortho nitro benzene ring substituents is 1. The molecule has 2 aromatic carbocycles. The van der Waals surface area contributed by atoms with Crippen molar-refractivity contribution < 1.29 is 14.2 Å². The van der Waals surface area contributed by atoms with Crippen molar-refractivity contribution in [2.45, 2.75) is 20.3 Å². The average Bonchev–Trinajstić information content (AvgIpc) is 3.24. The maximum absolute atomic E-state index is 12.7. The Bertz CT molecular complexity index is 1040. The lowest BCUT2D eigenvalue weighted by molar-refractivity contribution is -0.384. The van der Waals surface area contributed by atoms with Gasteiger partial charge < -0.3 is 9.42 Å². The van der Waals surface area contributed by atoms with Gasteiger partial charge in [-0.3, -0.25) is 14.9 Å². The highest BCUT2D eigenvalue weighted by atomic mass is 16.6. The molecule has 31 heavy (non-hydrogen) atoms. The molecule has 1 heterocycles. The predicted octanol–water partition coefficient (Wildman–Crippen LogP) is 4.39. The van der Waals surface area contributed by atoms with E-state index >= 15 is 0 Å². The van der Waals surface area contributed by atoms with E-state index in [2.05, 4.69) is 24.0 Å². The summed E-state index contributed by atoms with van der Waals surface area (Å²) < 4.78 is 5.31. The molecule has 0 unspecified atom stereocenters. The Morgan fingerprint density at radius 1 is 1.16 bits per heavy atom. The zero-order chi connectivity index (χ0) is 22.2. The number of carbonyl (C=O) groups is 1. The van der Waals surface area contributed by atoms with Crippen molar-refractivity contribution >= 4 is 17.7 Å². The van der Waals surface area contributed by atoms with Gasteiger partial charge in [-0.25, -0.2) is 0 Å². The molecule has 3 rings (SSSR count). The van der Waals surface area contributed by atoms with Gasteiger partial charge in [0.2, 0.25) is 17.6 Å². The quantitative estimate of drug-likeness (QED) is 0.289. The molecule has 8 nitrogen and oxygen atoms in total. The number of amides is 1. The van der Waals surface area contributed by atoms with Gasteiger partial charge in [0, 0.05) is 43.3 Å². The van der Waals surface area contributed by atoms with E-state index in [1.165, 1.54) is 12.1 Å². The minimum Gasteiger partial charge on any atom is -0.339 e. The molecule has 0 bridgehead atoms. The largest absolute Gasteiger partial charge is 0.339 e. The highest BCUT2D eigenvalue weighted by molar-refractivity contribution is 5.91. The van der Waals surface area contributed by atoms with E-state index in [0.29, 0.717) is 42.7 Å². The summed E-state index contributed by atoms with van der Waals surface area (Å²) >= 11 is 0. The third-order valence-electron chi connectivity index (χ3n) is 4.52. The number of hydrogen-bond donors (Lipinski definition) is 0. The van der Waals surface area contributed by atoms with E-state index in [1.807, 2.05) is 30.3 Å². The average molecular weight is 420 g/mol. The first-order chi connectivity index (χ1) is 14.9. The third kappa shape index (κ3) is 6.33. The second kappa shape index (κ2) is 10.3. The van der Waals surface area contributed by atoms with Crippen LogP contribution < -0.4 is 0 Å². The minimum absolute atomic E-state index is 0.00105.